The van der Waals surface area contributed by atoms with Crippen LogP contribution in [0.1, 0.15) is 77.3 Å². The molecule has 7 aromatic rings. The highest BCUT2D eigenvalue weighted by molar-refractivity contribution is 6.02. The number of amidine groups is 1. The summed E-state index contributed by atoms with van der Waals surface area (Å²) >= 11 is 0. The summed E-state index contributed by atoms with van der Waals surface area (Å²) in [6.07, 6.45) is 11.1. The summed E-state index contributed by atoms with van der Waals surface area (Å²) in [5, 5.41) is 7.52. The molecule has 1 heterocycles. The Kier molecular flexibility index (Phi) is 9.74. The van der Waals surface area contributed by atoms with E-state index in [9.17, 15) is 0 Å². The standard InChI is InChI=1S/C55H47N3/c1-37-49(26-15-27-50(37)55-57-53(41-20-10-4-11-21-41)56-54(58-55)42-22-12-5-13-23-42)51-31-30-45(36-52(51)40-28-29-40)43-24-14-25-44(32-43)48-34-46(38-16-6-2-7-17-38)33-47(35-48)39-18-8-3-9-19-39/h2-8,10-18,20-27,30-36,40,53-54,56H,9,19,28-29H2,1H3,(H,57,58). The van der Waals surface area contributed by atoms with Crippen molar-refractivity contribution >= 4 is 11.4 Å². The Labute approximate surface area is 342 Å². The first-order valence-electron chi connectivity index (χ1n) is 20.8. The predicted molar refractivity (Wildman–Crippen MR) is 242 cm³/mol. The molecule has 0 amide bonds. The van der Waals surface area contributed by atoms with Crippen LogP contribution in [0.15, 0.2) is 193 Å². The lowest BCUT2D eigenvalue weighted by atomic mass is 9.88. The van der Waals surface area contributed by atoms with Crippen LogP contribution < -0.4 is 10.6 Å². The maximum absolute atomic E-state index is 5.29. The molecule has 2 unspecified atom stereocenters. The molecule has 1 aliphatic heterocycles. The number of aliphatic imine (C=N–C) groups is 1. The number of allylic oxidation sites excluding steroid dienone is 4. The second-order valence-corrected chi connectivity index (χ2v) is 15.9. The zero-order valence-corrected chi connectivity index (χ0v) is 32.9. The van der Waals surface area contributed by atoms with Gasteiger partial charge >= 0.3 is 0 Å². The van der Waals surface area contributed by atoms with E-state index in [4.69, 9.17) is 4.99 Å². The lowest BCUT2D eigenvalue weighted by molar-refractivity contribution is 0.409. The molecule has 1 fully saturated rings. The summed E-state index contributed by atoms with van der Waals surface area (Å²) in [6.45, 7) is 2.26. The minimum atomic E-state index is -0.170. The van der Waals surface area contributed by atoms with Gasteiger partial charge in [0, 0.05) is 5.56 Å². The van der Waals surface area contributed by atoms with E-state index in [1.807, 2.05) is 0 Å². The SMILES string of the molecule is Cc1c(C2=NC(c3ccccc3)NC(c3ccccc3)N2)cccc1-c1ccc(-c2cccc(-c3cc(C4=CC=CCC4)cc(-c4ccccc4)c3)c2)cc1C1CC1. The van der Waals surface area contributed by atoms with Gasteiger partial charge in [0.25, 0.3) is 0 Å². The van der Waals surface area contributed by atoms with Gasteiger partial charge in [-0.25, -0.2) is 4.99 Å². The van der Waals surface area contributed by atoms with Crippen LogP contribution in [0, 0.1) is 6.92 Å². The van der Waals surface area contributed by atoms with Crippen LogP contribution in [-0.4, -0.2) is 5.84 Å². The molecule has 0 saturated heterocycles. The van der Waals surface area contributed by atoms with Crippen LogP contribution >= 0.6 is 0 Å². The highest BCUT2D eigenvalue weighted by Gasteiger charge is 2.29. The van der Waals surface area contributed by atoms with Crippen molar-refractivity contribution in [3.63, 3.8) is 0 Å². The number of rotatable bonds is 9. The van der Waals surface area contributed by atoms with Gasteiger partial charge < -0.3 is 5.32 Å². The molecule has 7 aromatic carbocycles. The van der Waals surface area contributed by atoms with Crippen LogP contribution in [0.5, 0.6) is 0 Å². The summed E-state index contributed by atoms with van der Waals surface area (Å²) in [5.74, 6) is 1.49. The minimum Gasteiger partial charge on any atom is -0.350 e. The third-order valence-corrected chi connectivity index (χ3v) is 12.0. The maximum atomic E-state index is 5.29. The summed E-state index contributed by atoms with van der Waals surface area (Å²) in [4.78, 5) is 5.29. The van der Waals surface area contributed by atoms with Crippen molar-refractivity contribution in [2.24, 2.45) is 4.99 Å². The van der Waals surface area contributed by atoms with Gasteiger partial charge in [-0.05, 0) is 141 Å². The average molecular weight is 750 g/mol. The second-order valence-electron chi connectivity index (χ2n) is 15.9. The molecule has 0 bridgehead atoms. The largest absolute Gasteiger partial charge is 0.350 e. The molecule has 1 saturated carbocycles. The van der Waals surface area contributed by atoms with Gasteiger partial charge in [0.2, 0.25) is 0 Å². The monoisotopic (exact) mass is 749 g/mol. The van der Waals surface area contributed by atoms with Gasteiger partial charge in [-0.3, -0.25) is 5.32 Å². The van der Waals surface area contributed by atoms with E-state index in [-0.39, 0.29) is 12.3 Å². The highest BCUT2D eigenvalue weighted by atomic mass is 15.3. The fraction of sp³-hybridized carbons (Fsp3) is 0.145. The Morgan fingerprint density at radius 2 is 1.12 bits per heavy atom. The summed E-state index contributed by atoms with van der Waals surface area (Å²) < 4.78 is 0. The third kappa shape index (κ3) is 7.38. The molecular weight excluding hydrogens is 703 g/mol. The van der Waals surface area contributed by atoms with Crippen molar-refractivity contribution in [1.82, 2.24) is 10.6 Å². The quantitative estimate of drug-likeness (QED) is 0.154. The highest BCUT2D eigenvalue weighted by Crippen LogP contribution is 2.47. The van der Waals surface area contributed by atoms with Gasteiger partial charge in [-0.15, -0.1) is 0 Å². The maximum Gasteiger partial charge on any atom is 0.132 e. The average Bonchev–Trinajstić information content (AvgIpc) is 4.16. The van der Waals surface area contributed by atoms with E-state index in [0.29, 0.717) is 5.92 Å². The normalized spacial score (nSPS) is 17.6. The van der Waals surface area contributed by atoms with E-state index in [2.05, 4.69) is 206 Å². The van der Waals surface area contributed by atoms with Crippen molar-refractivity contribution in [3.05, 3.63) is 221 Å². The van der Waals surface area contributed by atoms with E-state index >= 15 is 0 Å². The summed E-state index contributed by atoms with van der Waals surface area (Å²) in [6, 6.07) is 62.1. The fourth-order valence-electron chi connectivity index (χ4n) is 8.72. The van der Waals surface area contributed by atoms with Gasteiger partial charge in [0.1, 0.15) is 18.2 Å². The fourth-order valence-corrected chi connectivity index (χ4v) is 8.72. The first-order chi connectivity index (χ1) is 28.6. The third-order valence-electron chi connectivity index (χ3n) is 12.0. The van der Waals surface area contributed by atoms with Crippen molar-refractivity contribution < 1.29 is 0 Å². The van der Waals surface area contributed by atoms with Crippen LogP contribution in [0.2, 0.25) is 0 Å². The van der Waals surface area contributed by atoms with Gasteiger partial charge in [-0.2, -0.15) is 0 Å². The molecule has 0 radical (unpaired) electrons. The first kappa shape index (κ1) is 35.8. The molecule has 282 valence electrons. The van der Waals surface area contributed by atoms with Crippen LogP contribution in [-0.2, 0) is 0 Å². The predicted octanol–water partition coefficient (Wildman–Crippen LogP) is 13.6. The summed E-state index contributed by atoms with van der Waals surface area (Å²) in [7, 11) is 0. The van der Waals surface area contributed by atoms with Crippen LogP contribution in [0.3, 0.4) is 0 Å². The van der Waals surface area contributed by atoms with Crippen molar-refractivity contribution in [3.8, 4) is 44.5 Å². The van der Waals surface area contributed by atoms with Crippen molar-refractivity contribution in [2.45, 2.75) is 50.9 Å². The van der Waals surface area contributed by atoms with Gasteiger partial charge in [-0.1, -0.05) is 164 Å². The zero-order chi connectivity index (χ0) is 38.8. The number of nitrogens with one attached hydrogen (secondary N) is 2. The number of hydrogen-bond acceptors (Lipinski definition) is 3. The lowest BCUT2D eigenvalue weighted by Gasteiger charge is -2.32. The van der Waals surface area contributed by atoms with Crippen molar-refractivity contribution in [1.29, 1.82) is 0 Å². The molecule has 2 atom stereocenters. The number of benzene rings is 7. The first-order valence-corrected chi connectivity index (χ1v) is 20.8. The Bertz CT molecular complexity index is 2690. The second kappa shape index (κ2) is 15.8. The van der Waals surface area contributed by atoms with E-state index in [1.54, 1.807) is 0 Å². The van der Waals surface area contributed by atoms with Crippen LogP contribution in [0.4, 0.5) is 0 Å². The molecule has 0 aromatic heterocycles. The van der Waals surface area contributed by atoms with E-state index in [1.165, 1.54) is 85.2 Å². The Morgan fingerprint density at radius 1 is 0.517 bits per heavy atom. The Hall–Kier alpha value is -6.55. The van der Waals surface area contributed by atoms with Crippen LogP contribution in [0.25, 0.3) is 50.1 Å². The Balaban J connectivity index is 1.01. The van der Waals surface area contributed by atoms with Gasteiger partial charge in [0.15, 0.2) is 0 Å². The molecular formula is C55H47N3. The molecule has 58 heavy (non-hydrogen) atoms. The topological polar surface area (TPSA) is 36.4 Å². The molecule has 3 heteroatoms. The summed E-state index contributed by atoms with van der Waals surface area (Å²) in [5.41, 5.74) is 18.9. The van der Waals surface area contributed by atoms with E-state index in [0.717, 1.165) is 29.8 Å². The number of nitrogens with zero attached hydrogens (tertiary/aromatic N) is 1. The van der Waals surface area contributed by atoms with Crippen molar-refractivity contribution in [2.75, 3.05) is 0 Å². The molecule has 3 aliphatic rings. The molecule has 3 nitrogen and oxygen atoms in total. The zero-order valence-electron chi connectivity index (χ0n) is 32.9. The Morgan fingerprint density at radius 3 is 1.84 bits per heavy atom. The number of hydrogen-bond donors (Lipinski definition) is 2. The smallest absolute Gasteiger partial charge is 0.132 e. The molecule has 2 aliphatic carbocycles. The van der Waals surface area contributed by atoms with E-state index < -0.39 is 0 Å². The van der Waals surface area contributed by atoms with Gasteiger partial charge in [0.05, 0.1) is 0 Å². The molecule has 0 spiro atoms. The molecule has 10 rings (SSSR count). The minimum absolute atomic E-state index is 0.0760. The lowest BCUT2D eigenvalue weighted by Crippen LogP contribution is -2.45. The molecule has 2 N–H and O–H groups in total.